The van der Waals surface area contributed by atoms with E-state index in [4.69, 9.17) is 0 Å². The Bertz CT molecular complexity index is 2760. The molecular weight excluding hydrogens is 565 g/mol. The summed E-state index contributed by atoms with van der Waals surface area (Å²) in [5.74, 6) is 0.391. The average Bonchev–Trinajstić information content (AvgIpc) is 3.12. The molecule has 0 heteroatoms. The Hall–Kier alpha value is -5.72. The topological polar surface area (TPSA) is 0 Å². The molecular formula is C47H32. The minimum absolute atomic E-state index is 0.391. The van der Waals surface area contributed by atoms with E-state index in [9.17, 15) is 0 Å². The van der Waals surface area contributed by atoms with Crippen molar-refractivity contribution in [2.75, 3.05) is 0 Å². The molecule has 0 aliphatic carbocycles. The fourth-order valence-electron chi connectivity index (χ4n) is 8.27. The summed E-state index contributed by atoms with van der Waals surface area (Å²) < 4.78 is 0. The van der Waals surface area contributed by atoms with Crippen LogP contribution in [0, 0.1) is 0 Å². The third kappa shape index (κ3) is 3.88. The molecule has 0 aromatic heterocycles. The third-order valence-corrected chi connectivity index (χ3v) is 10.5. The van der Waals surface area contributed by atoms with E-state index in [1.54, 1.807) is 0 Å². The van der Waals surface area contributed by atoms with Crippen LogP contribution in [-0.4, -0.2) is 0 Å². The van der Waals surface area contributed by atoms with Crippen LogP contribution in [0.25, 0.3) is 98.0 Å². The minimum Gasteiger partial charge on any atom is -0.0610 e. The Morgan fingerprint density at radius 2 is 0.681 bits per heavy atom. The second kappa shape index (κ2) is 9.89. The standard InChI is InChI=1S/C47H32/c1-28(2)43-27-37(40-23-18-36-16-14-32-6-4-8-34-20-26-42(40)47(36)45(32)34)21-24-39(43)30-11-9-29(10-12-30)38-22-17-35-15-13-31-5-3-7-33-19-25-41(38)46(35)44(31)33/h3-28H,1-2H3. The lowest BCUT2D eigenvalue weighted by atomic mass is 9.86. The highest BCUT2D eigenvalue weighted by Crippen LogP contribution is 2.43. The molecule has 0 aliphatic rings. The van der Waals surface area contributed by atoms with Gasteiger partial charge in [-0.05, 0) is 109 Å². The molecule has 0 aliphatic heterocycles. The largest absolute Gasteiger partial charge is 0.0610 e. The summed E-state index contributed by atoms with van der Waals surface area (Å²) in [4.78, 5) is 0. The summed E-state index contributed by atoms with van der Waals surface area (Å²) in [7, 11) is 0. The molecule has 0 N–H and O–H groups in total. The molecule has 0 heterocycles. The maximum atomic E-state index is 2.43. The zero-order chi connectivity index (χ0) is 31.2. The summed E-state index contributed by atoms with van der Waals surface area (Å²) in [5.41, 5.74) is 9.07. The van der Waals surface area contributed by atoms with E-state index in [-0.39, 0.29) is 0 Å². The van der Waals surface area contributed by atoms with Gasteiger partial charge in [0.05, 0.1) is 0 Å². The van der Waals surface area contributed by atoms with Gasteiger partial charge in [-0.25, -0.2) is 0 Å². The van der Waals surface area contributed by atoms with Gasteiger partial charge in [-0.15, -0.1) is 0 Å². The predicted octanol–water partition coefficient (Wildman–Crippen LogP) is 13.6. The van der Waals surface area contributed by atoms with Gasteiger partial charge in [0.2, 0.25) is 0 Å². The van der Waals surface area contributed by atoms with Gasteiger partial charge >= 0.3 is 0 Å². The molecule has 220 valence electrons. The molecule has 10 aromatic rings. The van der Waals surface area contributed by atoms with Crippen LogP contribution in [0.2, 0.25) is 0 Å². The number of hydrogen-bond acceptors (Lipinski definition) is 0. The first-order valence-electron chi connectivity index (χ1n) is 16.7. The smallest absolute Gasteiger partial charge is 0.00206 e. The highest BCUT2D eigenvalue weighted by Gasteiger charge is 2.16. The van der Waals surface area contributed by atoms with Crippen molar-refractivity contribution in [3.05, 3.63) is 157 Å². The van der Waals surface area contributed by atoms with Crippen molar-refractivity contribution in [2.45, 2.75) is 19.8 Å². The van der Waals surface area contributed by atoms with Crippen molar-refractivity contribution >= 4 is 64.6 Å². The number of hydrogen-bond donors (Lipinski definition) is 0. The molecule has 0 spiro atoms. The van der Waals surface area contributed by atoms with E-state index in [0.29, 0.717) is 5.92 Å². The molecule has 10 rings (SSSR count). The second-order valence-electron chi connectivity index (χ2n) is 13.5. The van der Waals surface area contributed by atoms with Crippen LogP contribution in [0.5, 0.6) is 0 Å². The lowest BCUT2D eigenvalue weighted by molar-refractivity contribution is 0.869. The molecule has 0 atom stereocenters. The molecule has 0 bridgehead atoms. The van der Waals surface area contributed by atoms with Gasteiger partial charge < -0.3 is 0 Å². The first kappa shape index (κ1) is 26.5. The van der Waals surface area contributed by atoms with E-state index in [1.165, 1.54) is 104 Å². The van der Waals surface area contributed by atoms with Crippen LogP contribution in [0.3, 0.4) is 0 Å². The Kier molecular flexibility index (Phi) is 5.57. The zero-order valence-electron chi connectivity index (χ0n) is 26.5. The first-order chi connectivity index (χ1) is 23.1. The summed E-state index contributed by atoms with van der Waals surface area (Å²) in [5, 5.41) is 16.0. The van der Waals surface area contributed by atoms with Gasteiger partial charge in [0.15, 0.2) is 0 Å². The van der Waals surface area contributed by atoms with Crippen LogP contribution in [0.15, 0.2) is 152 Å². The average molecular weight is 597 g/mol. The lowest BCUT2D eigenvalue weighted by Crippen LogP contribution is -1.95. The van der Waals surface area contributed by atoms with E-state index < -0.39 is 0 Å². The first-order valence-corrected chi connectivity index (χ1v) is 16.7. The third-order valence-electron chi connectivity index (χ3n) is 10.5. The van der Waals surface area contributed by atoms with Gasteiger partial charge in [0.25, 0.3) is 0 Å². The van der Waals surface area contributed by atoms with Crippen LogP contribution in [-0.2, 0) is 0 Å². The lowest BCUT2D eigenvalue weighted by Gasteiger charge is -2.18. The Labute approximate surface area is 274 Å². The molecule has 0 amide bonds. The summed E-state index contributed by atoms with van der Waals surface area (Å²) in [6.07, 6.45) is 0. The quantitative estimate of drug-likeness (QED) is 0.177. The fourth-order valence-corrected chi connectivity index (χ4v) is 8.27. The number of benzene rings is 10. The molecule has 0 saturated heterocycles. The van der Waals surface area contributed by atoms with Crippen molar-refractivity contribution in [2.24, 2.45) is 0 Å². The minimum atomic E-state index is 0.391. The van der Waals surface area contributed by atoms with Crippen LogP contribution < -0.4 is 0 Å². The molecule has 0 saturated carbocycles. The molecule has 0 fully saturated rings. The van der Waals surface area contributed by atoms with Crippen molar-refractivity contribution in [3.63, 3.8) is 0 Å². The van der Waals surface area contributed by atoms with E-state index in [0.717, 1.165) is 0 Å². The highest BCUT2D eigenvalue weighted by molar-refractivity contribution is 6.26. The monoisotopic (exact) mass is 596 g/mol. The SMILES string of the molecule is CC(C)c1cc(-c2ccc3ccc4cccc5ccc2c3c45)ccc1-c1ccc(-c2ccc3ccc4cccc5ccc2c3c45)cc1. The van der Waals surface area contributed by atoms with E-state index >= 15 is 0 Å². The zero-order valence-corrected chi connectivity index (χ0v) is 26.5. The summed E-state index contributed by atoms with van der Waals surface area (Å²) in [6.45, 7) is 4.62. The van der Waals surface area contributed by atoms with Gasteiger partial charge in [0.1, 0.15) is 0 Å². The second-order valence-corrected chi connectivity index (χ2v) is 13.5. The Morgan fingerprint density at radius 3 is 1.17 bits per heavy atom. The van der Waals surface area contributed by atoms with Gasteiger partial charge in [0, 0.05) is 0 Å². The summed E-state index contributed by atoms with van der Waals surface area (Å²) in [6, 6.07) is 57.0. The van der Waals surface area contributed by atoms with Gasteiger partial charge in [-0.3, -0.25) is 0 Å². The van der Waals surface area contributed by atoms with Gasteiger partial charge in [-0.2, -0.15) is 0 Å². The number of rotatable bonds is 4. The maximum absolute atomic E-state index is 2.43. The normalized spacial score (nSPS) is 12.2. The van der Waals surface area contributed by atoms with E-state index in [1.807, 2.05) is 0 Å². The van der Waals surface area contributed by atoms with Crippen molar-refractivity contribution in [1.82, 2.24) is 0 Å². The maximum Gasteiger partial charge on any atom is -0.00206 e. The fraction of sp³-hybridized carbons (Fsp3) is 0.0638. The van der Waals surface area contributed by atoms with Crippen molar-refractivity contribution in [3.8, 4) is 33.4 Å². The highest BCUT2D eigenvalue weighted by atomic mass is 14.2. The molecule has 0 nitrogen and oxygen atoms in total. The van der Waals surface area contributed by atoms with E-state index in [2.05, 4.69) is 166 Å². The van der Waals surface area contributed by atoms with Gasteiger partial charge in [-0.1, -0.05) is 166 Å². The van der Waals surface area contributed by atoms with Crippen molar-refractivity contribution in [1.29, 1.82) is 0 Å². The molecule has 47 heavy (non-hydrogen) atoms. The Morgan fingerprint density at radius 1 is 0.319 bits per heavy atom. The predicted molar refractivity (Wildman–Crippen MR) is 204 cm³/mol. The van der Waals surface area contributed by atoms with Crippen molar-refractivity contribution < 1.29 is 0 Å². The molecule has 0 radical (unpaired) electrons. The van der Waals surface area contributed by atoms with Crippen LogP contribution >= 0.6 is 0 Å². The molecule has 0 unspecified atom stereocenters. The van der Waals surface area contributed by atoms with Crippen LogP contribution in [0.1, 0.15) is 25.3 Å². The van der Waals surface area contributed by atoms with Crippen LogP contribution in [0.4, 0.5) is 0 Å². The summed E-state index contributed by atoms with van der Waals surface area (Å²) >= 11 is 0. The Balaban J connectivity index is 1.08. The molecule has 10 aromatic carbocycles.